The fourth-order valence-corrected chi connectivity index (χ4v) is 2.68. The van der Waals surface area contributed by atoms with E-state index in [2.05, 4.69) is 37.0 Å². The third-order valence-electron chi connectivity index (χ3n) is 3.22. The molecular weight excluding hydrogens is 350 g/mol. The lowest BCUT2D eigenvalue weighted by Gasteiger charge is -2.08. The number of carbonyl (C=O) groups is 2. The van der Waals surface area contributed by atoms with Gasteiger partial charge in [0.25, 0.3) is 11.8 Å². The molecule has 2 aromatic heterocycles. The molecule has 0 aliphatic carbocycles. The normalized spacial score (nSPS) is 10.6. The van der Waals surface area contributed by atoms with Crippen molar-refractivity contribution < 1.29 is 9.59 Å². The maximum Gasteiger partial charge on any atom is 0.286 e. The number of hydrogen-bond donors (Lipinski definition) is 3. The number of hydrogen-bond acceptors (Lipinski definition) is 3. The quantitative estimate of drug-likeness (QED) is 0.607. The highest BCUT2D eigenvalue weighted by Gasteiger charge is 2.14. The molecule has 0 bridgehead atoms. The Balaban J connectivity index is 1.74. The summed E-state index contributed by atoms with van der Waals surface area (Å²) in [5, 5.41) is 7.49. The topological polar surface area (TPSA) is 91.8 Å². The minimum absolute atomic E-state index is 0.404. The molecule has 0 spiro atoms. The maximum absolute atomic E-state index is 12.2. The summed E-state index contributed by atoms with van der Waals surface area (Å²) in [5.74, 6) is -0.824. The SMILES string of the molecule is Cn1cc(Br)cc1C(=O)NNC(=O)c1cccc2cn[nH]c12. The van der Waals surface area contributed by atoms with Gasteiger partial charge in [0.2, 0.25) is 0 Å². The molecule has 2 heterocycles. The molecule has 1 aromatic carbocycles. The highest BCUT2D eigenvalue weighted by Crippen LogP contribution is 2.15. The lowest BCUT2D eigenvalue weighted by atomic mass is 10.1. The Morgan fingerprint density at radius 3 is 2.77 bits per heavy atom. The van der Waals surface area contributed by atoms with Crippen LogP contribution in [0.3, 0.4) is 0 Å². The average Bonchev–Trinajstić information content (AvgIpc) is 3.10. The number of aromatic nitrogens is 3. The highest BCUT2D eigenvalue weighted by atomic mass is 79.9. The summed E-state index contributed by atoms with van der Waals surface area (Å²) < 4.78 is 2.44. The molecule has 22 heavy (non-hydrogen) atoms. The average molecular weight is 362 g/mol. The van der Waals surface area contributed by atoms with Gasteiger partial charge in [0.1, 0.15) is 5.69 Å². The molecular formula is C14H12BrN5O2. The summed E-state index contributed by atoms with van der Waals surface area (Å²) in [4.78, 5) is 24.2. The molecule has 0 radical (unpaired) electrons. The first kappa shape index (κ1) is 14.3. The molecule has 8 heteroatoms. The minimum atomic E-state index is -0.420. The molecule has 3 aromatic rings. The Hall–Kier alpha value is -2.61. The van der Waals surface area contributed by atoms with Gasteiger partial charge < -0.3 is 4.57 Å². The first-order valence-corrected chi connectivity index (χ1v) is 7.20. The molecule has 0 unspecified atom stereocenters. The molecule has 0 atom stereocenters. The van der Waals surface area contributed by atoms with Gasteiger partial charge in [-0.15, -0.1) is 0 Å². The van der Waals surface area contributed by atoms with Crippen LogP contribution in [0.1, 0.15) is 20.8 Å². The first-order valence-electron chi connectivity index (χ1n) is 6.41. The predicted molar refractivity (Wildman–Crippen MR) is 84.1 cm³/mol. The Morgan fingerprint density at radius 2 is 2.05 bits per heavy atom. The van der Waals surface area contributed by atoms with Crippen LogP contribution >= 0.6 is 15.9 Å². The molecule has 2 amide bonds. The first-order chi connectivity index (χ1) is 10.6. The van der Waals surface area contributed by atoms with Crippen LogP contribution in [-0.2, 0) is 7.05 Å². The van der Waals surface area contributed by atoms with E-state index < -0.39 is 11.8 Å². The zero-order chi connectivity index (χ0) is 15.7. The van der Waals surface area contributed by atoms with Crippen molar-refractivity contribution in [3.8, 4) is 0 Å². The Bertz CT molecular complexity index is 867. The standard InChI is InChI=1S/C14H12BrN5O2/c1-20-7-9(15)5-11(20)14(22)19-18-13(21)10-4-2-3-8-6-16-17-12(8)10/h2-7H,1H3,(H,16,17)(H,18,21)(H,19,22). The number of halogens is 1. The van der Waals surface area contributed by atoms with E-state index in [-0.39, 0.29) is 0 Å². The zero-order valence-corrected chi connectivity index (χ0v) is 13.1. The summed E-state index contributed by atoms with van der Waals surface area (Å²) >= 11 is 3.29. The van der Waals surface area contributed by atoms with E-state index in [1.807, 2.05) is 6.07 Å². The van der Waals surface area contributed by atoms with Crippen LogP contribution in [0.15, 0.2) is 41.1 Å². The van der Waals surface area contributed by atoms with E-state index in [0.29, 0.717) is 16.8 Å². The maximum atomic E-state index is 12.2. The number of para-hydroxylation sites is 1. The van der Waals surface area contributed by atoms with Crippen molar-refractivity contribution in [1.82, 2.24) is 25.6 Å². The molecule has 0 saturated carbocycles. The number of carbonyl (C=O) groups excluding carboxylic acids is 2. The number of amides is 2. The van der Waals surface area contributed by atoms with Gasteiger partial charge in [0, 0.05) is 23.1 Å². The highest BCUT2D eigenvalue weighted by molar-refractivity contribution is 9.10. The monoisotopic (exact) mass is 361 g/mol. The lowest BCUT2D eigenvalue weighted by Crippen LogP contribution is -2.42. The number of fused-ring (bicyclic) bond motifs is 1. The number of nitrogens with zero attached hydrogens (tertiary/aromatic N) is 2. The third-order valence-corrected chi connectivity index (χ3v) is 3.65. The summed E-state index contributed by atoms with van der Waals surface area (Å²) in [6.45, 7) is 0. The van der Waals surface area contributed by atoms with Crippen molar-refractivity contribution in [2.45, 2.75) is 0 Å². The van der Waals surface area contributed by atoms with E-state index >= 15 is 0 Å². The molecule has 0 aliphatic rings. The molecule has 7 nitrogen and oxygen atoms in total. The van der Waals surface area contributed by atoms with Crippen molar-refractivity contribution in [1.29, 1.82) is 0 Å². The van der Waals surface area contributed by atoms with Crippen molar-refractivity contribution in [3.63, 3.8) is 0 Å². The van der Waals surface area contributed by atoms with Crippen LogP contribution in [0.25, 0.3) is 10.9 Å². The smallest absolute Gasteiger partial charge is 0.286 e. The van der Waals surface area contributed by atoms with E-state index in [0.717, 1.165) is 9.86 Å². The zero-order valence-electron chi connectivity index (χ0n) is 11.6. The van der Waals surface area contributed by atoms with Crippen LogP contribution in [0.2, 0.25) is 0 Å². The van der Waals surface area contributed by atoms with Gasteiger partial charge in [-0.05, 0) is 28.1 Å². The minimum Gasteiger partial charge on any atom is -0.345 e. The number of nitrogens with one attached hydrogen (secondary N) is 3. The Morgan fingerprint density at radius 1 is 1.27 bits per heavy atom. The molecule has 0 fully saturated rings. The van der Waals surface area contributed by atoms with Crippen LogP contribution in [0.5, 0.6) is 0 Å². The van der Waals surface area contributed by atoms with Gasteiger partial charge >= 0.3 is 0 Å². The molecule has 3 N–H and O–H groups in total. The van der Waals surface area contributed by atoms with Crippen molar-refractivity contribution in [3.05, 3.63) is 52.4 Å². The number of aryl methyl sites for hydroxylation is 1. The largest absolute Gasteiger partial charge is 0.345 e. The van der Waals surface area contributed by atoms with Crippen LogP contribution < -0.4 is 10.9 Å². The van der Waals surface area contributed by atoms with Gasteiger partial charge in [-0.3, -0.25) is 25.5 Å². The fourth-order valence-electron chi connectivity index (χ4n) is 2.15. The van der Waals surface area contributed by atoms with Crippen molar-refractivity contribution in [2.24, 2.45) is 7.05 Å². The molecule has 3 rings (SSSR count). The summed E-state index contributed by atoms with van der Waals surface area (Å²) in [7, 11) is 1.74. The summed E-state index contributed by atoms with van der Waals surface area (Å²) in [6.07, 6.45) is 3.38. The number of hydrazine groups is 1. The fraction of sp³-hybridized carbons (Fsp3) is 0.0714. The van der Waals surface area contributed by atoms with Crippen molar-refractivity contribution >= 4 is 38.6 Å². The molecule has 0 aliphatic heterocycles. The molecule has 112 valence electrons. The van der Waals surface area contributed by atoms with Gasteiger partial charge in [-0.25, -0.2) is 0 Å². The van der Waals surface area contributed by atoms with E-state index in [4.69, 9.17) is 0 Å². The van der Waals surface area contributed by atoms with Gasteiger partial charge in [0.05, 0.1) is 17.3 Å². The Labute approximate surface area is 133 Å². The second kappa shape index (κ2) is 5.64. The Kier molecular flexibility index (Phi) is 3.68. The van der Waals surface area contributed by atoms with E-state index in [1.165, 1.54) is 0 Å². The molecule has 0 saturated heterocycles. The predicted octanol–water partition coefficient (Wildman–Crippen LogP) is 1.74. The van der Waals surface area contributed by atoms with Crippen LogP contribution in [-0.4, -0.2) is 26.6 Å². The van der Waals surface area contributed by atoms with Gasteiger partial charge in [-0.1, -0.05) is 12.1 Å². The lowest BCUT2D eigenvalue weighted by molar-refractivity contribution is 0.0843. The van der Waals surface area contributed by atoms with E-state index in [9.17, 15) is 9.59 Å². The summed E-state index contributed by atoms with van der Waals surface area (Å²) in [6, 6.07) is 6.91. The van der Waals surface area contributed by atoms with Gasteiger partial charge in [-0.2, -0.15) is 5.10 Å². The number of aromatic amines is 1. The summed E-state index contributed by atoms with van der Waals surface area (Å²) in [5.41, 5.74) is 6.24. The van der Waals surface area contributed by atoms with Gasteiger partial charge in [0.15, 0.2) is 0 Å². The van der Waals surface area contributed by atoms with E-state index in [1.54, 1.807) is 42.2 Å². The van der Waals surface area contributed by atoms with Crippen LogP contribution in [0.4, 0.5) is 0 Å². The van der Waals surface area contributed by atoms with Crippen LogP contribution in [0, 0.1) is 0 Å². The number of rotatable bonds is 2. The number of benzene rings is 1. The van der Waals surface area contributed by atoms with Crippen molar-refractivity contribution in [2.75, 3.05) is 0 Å². The second-order valence-electron chi connectivity index (χ2n) is 4.70. The second-order valence-corrected chi connectivity index (χ2v) is 5.62. The number of H-pyrrole nitrogens is 1. The third kappa shape index (κ3) is 2.60.